The van der Waals surface area contributed by atoms with E-state index in [1.165, 1.54) is 4.90 Å². The van der Waals surface area contributed by atoms with E-state index < -0.39 is 11.9 Å². The first-order valence-corrected chi connectivity index (χ1v) is 9.98. The number of hydrogen-bond donors (Lipinski definition) is 3. The van der Waals surface area contributed by atoms with Crippen molar-refractivity contribution in [2.45, 2.75) is 32.0 Å². The van der Waals surface area contributed by atoms with E-state index in [2.05, 4.69) is 20.6 Å². The molecule has 1 saturated heterocycles. The van der Waals surface area contributed by atoms with E-state index in [-0.39, 0.29) is 37.2 Å². The fourth-order valence-corrected chi connectivity index (χ4v) is 4.17. The minimum Gasteiger partial charge on any atom is -0.348 e. The van der Waals surface area contributed by atoms with Gasteiger partial charge in [0.1, 0.15) is 6.04 Å². The van der Waals surface area contributed by atoms with Crippen LogP contribution in [0.2, 0.25) is 0 Å². The van der Waals surface area contributed by atoms with Gasteiger partial charge in [-0.3, -0.25) is 24.5 Å². The molecule has 0 radical (unpaired) electrons. The first-order valence-electron chi connectivity index (χ1n) is 9.98. The number of rotatable bonds is 4. The Balaban J connectivity index is 1.32. The molecule has 2 aliphatic rings. The van der Waals surface area contributed by atoms with E-state index in [1.54, 1.807) is 36.7 Å². The third kappa shape index (κ3) is 3.33. The lowest BCUT2D eigenvalue weighted by molar-refractivity contribution is -0.136. The van der Waals surface area contributed by atoms with Gasteiger partial charge in [0, 0.05) is 30.6 Å². The fraction of sp³-hybridized carbons (Fsp3) is 0.227. The molecule has 156 valence electrons. The molecule has 31 heavy (non-hydrogen) atoms. The molecular formula is C22H19N5O4. The average Bonchev–Trinajstić information content (AvgIpc) is 3.36. The Morgan fingerprint density at radius 3 is 2.90 bits per heavy atom. The first-order chi connectivity index (χ1) is 15.0. The third-order valence-corrected chi connectivity index (χ3v) is 5.80. The number of nitrogens with one attached hydrogen (secondary N) is 3. The molecule has 1 atom stereocenters. The lowest BCUT2D eigenvalue weighted by Gasteiger charge is -2.29. The molecule has 3 N–H and O–H groups in total. The Hall–Kier alpha value is -4.01. The summed E-state index contributed by atoms with van der Waals surface area (Å²) in [5.74, 6) is -1.23. The minimum atomic E-state index is -0.666. The van der Waals surface area contributed by atoms with Crippen molar-refractivity contribution < 1.29 is 19.2 Å². The second-order valence-corrected chi connectivity index (χ2v) is 7.66. The Bertz CT molecular complexity index is 1250. The molecule has 0 spiro atoms. The molecule has 9 heteroatoms. The van der Waals surface area contributed by atoms with Crippen LogP contribution in [0, 0.1) is 0 Å². The van der Waals surface area contributed by atoms with Gasteiger partial charge >= 0.3 is 0 Å². The van der Waals surface area contributed by atoms with Crippen LogP contribution in [0.15, 0.2) is 42.7 Å². The third-order valence-electron chi connectivity index (χ3n) is 5.80. The van der Waals surface area contributed by atoms with E-state index in [9.17, 15) is 19.2 Å². The molecule has 1 unspecified atom stereocenters. The predicted octanol–water partition coefficient (Wildman–Crippen LogP) is 1.25. The number of carbonyl (C=O) groups is 4. The average molecular weight is 417 g/mol. The van der Waals surface area contributed by atoms with Gasteiger partial charge in [0.2, 0.25) is 11.8 Å². The van der Waals surface area contributed by atoms with Crippen LogP contribution < -0.4 is 10.6 Å². The Labute approximate surface area is 176 Å². The number of fused-ring (bicyclic) bond motifs is 2. The van der Waals surface area contributed by atoms with Crippen molar-refractivity contribution in [1.29, 1.82) is 0 Å². The van der Waals surface area contributed by atoms with Crippen molar-refractivity contribution >= 4 is 34.7 Å². The van der Waals surface area contributed by atoms with Gasteiger partial charge in [-0.25, -0.2) is 4.98 Å². The number of imidazole rings is 1. The molecule has 1 aromatic heterocycles. The molecule has 2 aromatic carbocycles. The van der Waals surface area contributed by atoms with Gasteiger partial charge in [0.15, 0.2) is 0 Å². The molecule has 2 aliphatic heterocycles. The van der Waals surface area contributed by atoms with Gasteiger partial charge in [0.25, 0.3) is 11.8 Å². The SMILES string of the molecule is O=C1CCC(N2Cc3c(CNC(=O)c4ccc5nc[nH]c5c4)cccc3C2=O)C(=O)N1. The minimum absolute atomic E-state index is 0.208. The van der Waals surface area contributed by atoms with Crippen LogP contribution in [-0.4, -0.2) is 44.5 Å². The van der Waals surface area contributed by atoms with Crippen LogP contribution in [-0.2, 0) is 22.7 Å². The summed E-state index contributed by atoms with van der Waals surface area (Å²) in [4.78, 5) is 57.8. The number of H-pyrrole nitrogens is 1. The number of imide groups is 1. The summed E-state index contributed by atoms with van der Waals surface area (Å²) in [6.45, 7) is 0.520. The highest BCUT2D eigenvalue weighted by molar-refractivity contribution is 6.05. The number of piperidine rings is 1. The lowest BCUT2D eigenvalue weighted by atomic mass is 10.0. The van der Waals surface area contributed by atoms with Gasteiger partial charge in [0.05, 0.1) is 17.4 Å². The number of carbonyl (C=O) groups excluding carboxylic acids is 4. The molecule has 9 nitrogen and oxygen atoms in total. The number of aromatic amines is 1. The summed E-state index contributed by atoms with van der Waals surface area (Å²) in [6, 6.07) is 9.91. The number of benzene rings is 2. The van der Waals surface area contributed by atoms with Crippen LogP contribution in [0.4, 0.5) is 0 Å². The second kappa shape index (κ2) is 7.35. The van der Waals surface area contributed by atoms with Crippen molar-refractivity contribution in [3.05, 3.63) is 65.0 Å². The summed E-state index contributed by atoms with van der Waals surface area (Å²) in [5.41, 5.74) is 4.20. The Kier molecular flexibility index (Phi) is 4.50. The standard InChI is InChI=1S/C22H19N5O4/c28-19-7-6-18(21(30)26-19)27-10-15-13(2-1-3-14(15)22(27)31)9-23-20(29)12-4-5-16-17(8-12)25-11-24-16/h1-5,8,11,18H,6-7,9-10H2,(H,23,29)(H,24,25)(H,26,28,30). The Morgan fingerprint density at radius 2 is 2.06 bits per heavy atom. The van der Waals surface area contributed by atoms with Crippen molar-refractivity contribution in [3.63, 3.8) is 0 Å². The van der Waals surface area contributed by atoms with Gasteiger partial charge in [-0.1, -0.05) is 12.1 Å². The van der Waals surface area contributed by atoms with Gasteiger partial charge in [-0.15, -0.1) is 0 Å². The molecule has 1 fully saturated rings. The smallest absolute Gasteiger partial charge is 0.255 e. The van der Waals surface area contributed by atoms with Crippen LogP contribution >= 0.6 is 0 Å². The van der Waals surface area contributed by atoms with Crippen LogP contribution in [0.25, 0.3) is 11.0 Å². The van der Waals surface area contributed by atoms with Crippen LogP contribution in [0.5, 0.6) is 0 Å². The highest BCUT2D eigenvalue weighted by Crippen LogP contribution is 2.29. The highest BCUT2D eigenvalue weighted by atomic mass is 16.2. The monoisotopic (exact) mass is 417 g/mol. The number of nitrogens with zero attached hydrogens (tertiary/aromatic N) is 2. The first kappa shape index (κ1) is 19.0. The summed E-state index contributed by atoms with van der Waals surface area (Å²) in [5, 5.41) is 5.20. The maximum absolute atomic E-state index is 12.9. The molecule has 3 aromatic rings. The molecule has 3 heterocycles. The zero-order valence-electron chi connectivity index (χ0n) is 16.5. The van der Waals surface area contributed by atoms with E-state index in [0.717, 1.165) is 22.2 Å². The molecular weight excluding hydrogens is 398 g/mol. The normalized spacial score (nSPS) is 18.3. The second-order valence-electron chi connectivity index (χ2n) is 7.66. The molecule has 5 rings (SSSR count). The van der Waals surface area contributed by atoms with Crippen molar-refractivity contribution in [2.75, 3.05) is 0 Å². The largest absolute Gasteiger partial charge is 0.348 e. The highest BCUT2D eigenvalue weighted by Gasteiger charge is 2.39. The topological polar surface area (TPSA) is 124 Å². The quantitative estimate of drug-likeness (QED) is 0.551. The number of hydrogen-bond acceptors (Lipinski definition) is 5. The molecule has 0 saturated carbocycles. The van der Waals surface area contributed by atoms with Gasteiger partial charge in [-0.05, 0) is 41.8 Å². The van der Waals surface area contributed by atoms with E-state index in [4.69, 9.17) is 0 Å². The number of amides is 4. The predicted molar refractivity (Wildman–Crippen MR) is 110 cm³/mol. The summed E-state index contributed by atoms with van der Waals surface area (Å²) in [6.07, 6.45) is 2.09. The fourth-order valence-electron chi connectivity index (χ4n) is 4.17. The van der Waals surface area contributed by atoms with Crippen molar-refractivity contribution in [2.24, 2.45) is 0 Å². The van der Waals surface area contributed by atoms with Crippen molar-refractivity contribution in [1.82, 2.24) is 25.5 Å². The van der Waals surface area contributed by atoms with Gasteiger partial charge < -0.3 is 15.2 Å². The van der Waals surface area contributed by atoms with E-state index >= 15 is 0 Å². The van der Waals surface area contributed by atoms with Crippen molar-refractivity contribution in [3.8, 4) is 0 Å². The van der Waals surface area contributed by atoms with Gasteiger partial charge in [-0.2, -0.15) is 0 Å². The van der Waals surface area contributed by atoms with E-state index in [1.807, 2.05) is 6.07 Å². The maximum Gasteiger partial charge on any atom is 0.255 e. The summed E-state index contributed by atoms with van der Waals surface area (Å²) < 4.78 is 0. The lowest BCUT2D eigenvalue weighted by Crippen LogP contribution is -2.52. The van der Waals surface area contributed by atoms with Crippen LogP contribution in [0.1, 0.15) is 44.7 Å². The van der Waals surface area contributed by atoms with E-state index in [0.29, 0.717) is 17.5 Å². The van der Waals surface area contributed by atoms with Crippen LogP contribution in [0.3, 0.4) is 0 Å². The number of aromatic nitrogens is 2. The summed E-state index contributed by atoms with van der Waals surface area (Å²) in [7, 11) is 0. The zero-order valence-corrected chi connectivity index (χ0v) is 16.5. The molecule has 4 amide bonds. The summed E-state index contributed by atoms with van der Waals surface area (Å²) >= 11 is 0. The Morgan fingerprint density at radius 1 is 1.19 bits per heavy atom. The maximum atomic E-state index is 12.9. The zero-order chi connectivity index (χ0) is 21.5. The molecule has 0 bridgehead atoms. The molecule has 0 aliphatic carbocycles.